The van der Waals surface area contributed by atoms with E-state index in [4.69, 9.17) is 10.00 Å². The average molecular weight is 494 g/mol. The summed E-state index contributed by atoms with van der Waals surface area (Å²) in [5.41, 5.74) is 3.61. The third-order valence-corrected chi connectivity index (χ3v) is 7.08. The van der Waals surface area contributed by atoms with Gasteiger partial charge in [0, 0.05) is 36.5 Å². The van der Waals surface area contributed by atoms with E-state index in [1.807, 2.05) is 38.1 Å². The SMILES string of the molecule is Cc1cc(C(=O)COC(=O)c2ccc(S(=O)(=O)NCCC#N)cc2)c(C)n1CCc1ccccc1. The predicted molar refractivity (Wildman–Crippen MR) is 131 cm³/mol. The van der Waals surface area contributed by atoms with Crippen molar-refractivity contribution in [2.45, 2.75) is 38.1 Å². The maximum Gasteiger partial charge on any atom is 0.338 e. The normalized spacial score (nSPS) is 11.1. The molecule has 0 saturated carbocycles. The number of nitrogens with zero attached hydrogens (tertiary/aromatic N) is 2. The summed E-state index contributed by atoms with van der Waals surface area (Å²) in [6, 6.07) is 18.9. The smallest absolute Gasteiger partial charge is 0.338 e. The summed E-state index contributed by atoms with van der Waals surface area (Å²) in [5.74, 6) is -1.03. The summed E-state index contributed by atoms with van der Waals surface area (Å²) < 4.78 is 33.9. The minimum absolute atomic E-state index is 0.00237. The molecule has 0 bridgehead atoms. The number of hydrogen-bond donors (Lipinski definition) is 1. The van der Waals surface area contributed by atoms with E-state index in [1.165, 1.54) is 29.8 Å². The number of nitrogens with one attached hydrogen (secondary N) is 1. The topological polar surface area (TPSA) is 118 Å². The molecule has 0 spiro atoms. The highest BCUT2D eigenvalue weighted by Crippen LogP contribution is 2.18. The molecule has 0 fully saturated rings. The summed E-state index contributed by atoms with van der Waals surface area (Å²) >= 11 is 0. The molecule has 0 amide bonds. The predicted octanol–water partition coefficient (Wildman–Crippen LogP) is 3.58. The van der Waals surface area contributed by atoms with Gasteiger partial charge in [-0.1, -0.05) is 30.3 Å². The lowest BCUT2D eigenvalue weighted by Gasteiger charge is -2.10. The number of carbonyl (C=O) groups excluding carboxylic acids is 2. The van der Waals surface area contributed by atoms with E-state index in [9.17, 15) is 18.0 Å². The number of carbonyl (C=O) groups is 2. The molecule has 0 atom stereocenters. The van der Waals surface area contributed by atoms with E-state index < -0.39 is 22.6 Å². The van der Waals surface area contributed by atoms with E-state index in [0.717, 1.165) is 24.4 Å². The Labute approximate surface area is 205 Å². The van der Waals surface area contributed by atoms with Crippen molar-refractivity contribution in [2.24, 2.45) is 0 Å². The Bertz CT molecular complexity index is 1340. The van der Waals surface area contributed by atoms with Crippen molar-refractivity contribution in [2.75, 3.05) is 13.2 Å². The minimum atomic E-state index is -3.78. The first kappa shape index (κ1) is 25.9. The van der Waals surface area contributed by atoms with Crippen molar-refractivity contribution >= 4 is 21.8 Å². The molecule has 1 N–H and O–H groups in total. The van der Waals surface area contributed by atoms with Crippen LogP contribution in [-0.2, 0) is 27.7 Å². The van der Waals surface area contributed by atoms with E-state index in [-0.39, 0.29) is 29.2 Å². The van der Waals surface area contributed by atoms with Gasteiger partial charge in [-0.2, -0.15) is 5.26 Å². The molecule has 0 unspecified atom stereocenters. The lowest BCUT2D eigenvalue weighted by Crippen LogP contribution is -2.24. The molecule has 3 aromatic rings. The number of hydrogen-bond acceptors (Lipinski definition) is 6. The maximum absolute atomic E-state index is 12.8. The highest BCUT2D eigenvalue weighted by atomic mass is 32.2. The molecule has 0 aliphatic carbocycles. The van der Waals surface area contributed by atoms with Crippen LogP contribution in [-0.4, -0.2) is 37.9 Å². The van der Waals surface area contributed by atoms with Crippen molar-refractivity contribution in [1.82, 2.24) is 9.29 Å². The largest absolute Gasteiger partial charge is 0.454 e. The highest BCUT2D eigenvalue weighted by molar-refractivity contribution is 7.89. The fraction of sp³-hybridized carbons (Fsp3) is 0.269. The van der Waals surface area contributed by atoms with Crippen LogP contribution in [0.4, 0.5) is 0 Å². The van der Waals surface area contributed by atoms with Gasteiger partial charge in [0.1, 0.15) is 0 Å². The third kappa shape index (κ3) is 6.66. The number of esters is 1. The van der Waals surface area contributed by atoms with Crippen molar-refractivity contribution in [3.05, 3.63) is 88.7 Å². The molecule has 8 nitrogen and oxygen atoms in total. The Morgan fingerprint density at radius 2 is 1.74 bits per heavy atom. The van der Waals surface area contributed by atoms with Gasteiger partial charge in [0.25, 0.3) is 0 Å². The number of ketones is 1. The summed E-state index contributed by atoms with van der Waals surface area (Å²) in [4.78, 5) is 25.1. The van der Waals surface area contributed by atoms with Crippen LogP contribution in [0.3, 0.4) is 0 Å². The molecule has 1 aromatic heterocycles. The van der Waals surface area contributed by atoms with Gasteiger partial charge in [-0.25, -0.2) is 17.9 Å². The van der Waals surface area contributed by atoms with Gasteiger partial charge in [-0.3, -0.25) is 4.79 Å². The number of ether oxygens (including phenoxy) is 1. The molecule has 0 saturated heterocycles. The van der Waals surface area contributed by atoms with Crippen LogP contribution in [0, 0.1) is 25.2 Å². The number of aromatic nitrogens is 1. The number of benzene rings is 2. The Kier molecular flexibility index (Phi) is 8.58. The number of Topliss-reactive ketones (excluding diaryl/α,β-unsaturated/α-hetero) is 1. The third-order valence-electron chi connectivity index (χ3n) is 5.60. The van der Waals surface area contributed by atoms with Crippen molar-refractivity contribution in [3.63, 3.8) is 0 Å². The van der Waals surface area contributed by atoms with Crippen molar-refractivity contribution in [1.29, 1.82) is 5.26 Å². The van der Waals surface area contributed by atoms with E-state index in [1.54, 1.807) is 6.07 Å². The second kappa shape index (κ2) is 11.6. The Balaban J connectivity index is 1.59. The second-order valence-corrected chi connectivity index (χ2v) is 9.77. The summed E-state index contributed by atoms with van der Waals surface area (Å²) in [7, 11) is -3.78. The highest BCUT2D eigenvalue weighted by Gasteiger charge is 2.19. The van der Waals surface area contributed by atoms with Gasteiger partial charge >= 0.3 is 5.97 Å². The van der Waals surface area contributed by atoms with E-state index in [2.05, 4.69) is 21.4 Å². The first-order valence-corrected chi connectivity index (χ1v) is 12.6. The monoisotopic (exact) mass is 493 g/mol. The van der Waals surface area contributed by atoms with Gasteiger partial charge < -0.3 is 9.30 Å². The van der Waals surface area contributed by atoms with Gasteiger partial charge in [0.15, 0.2) is 6.61 Å². The summed E-state index contributed by atoms with van der Waals surface area (Å²) in [6.45, 7) is 4.12. The summed E-state index contributed by atoms with van der Waals surface area (Å²) in [6.07, 6.45) is 0.881. The molecule has 3 rings (SSSR count). The van der Waals surface area contributed by atoms with Crippen LogP contribution in [0.1, 0.15) is 44.1 Å². The molecule has 0 radical (unpaired) electrons. The molecule has 0 aliphatic rings. The van der Waals surface area contributed by atoms with Crippen molar-refractivity contribution < 1.29 is 22.7 Å². The number of aryl methyl sites for hydroxylation is 2. The molecule has 2 aromatic carbocycles. The van der Waals surface area contributed by atoms with E-state index >= 15 is 0 Å². The molecular formula is C26H27N3O5S. The van der Waals surface area contributed by atoms with Gasteiger partial charge in [0.05, 0.1) is 16.5 Å². The first-order chi connectivity index (χ1) is 16.7. The van der Waals surface area contributed by atoms with Crippen molar-refractivity contribution in [3.8, 4) is 6.07 Å². The molecule has 0 aliphatic heterocycles. The molecule has 182 valence electrons. The van der Waals surface area contributed by atoms with Crippen LogP contribution in [0.25, 0.3) is 0 Å². The fourth-order valence-corrected chi connectivity index (χ4v) is 4.73. The quantitative estimate of drug-likeness (QED) is 0.248. The van der Waals surface area contributed by atoms with Gasteiger partial charge in [0.2, 0.25) is 15.8 Å². The number of nitriles is 1. The fourth-order valence-electron chi connectivity index (χ4n) is 3.70. The number of sulfonamides is 1. The zero-order valence-corrected chi connectivity index (χ0v) is 20.5. The van der Waals surface area contributed by atoms with Crippen LogP contribution in [0.2, 0.25) is 0 Å². The zero-order chi connectivity index (χ0) is 25.4. The standard InChI is InChI=1S/C26H27N3O5S/c1-19-17-24(20(2)29(19)16-13-21-7-4-3-5-8-21)25(30)18-34-26(31)22-9-11-23(12-10-22)35(32,33)28-15-6-14-27/h3-5,7-12,17,28H,6,13,15-16,18H2,1-2H3. The summed E-state index contributed by atoms with van der Waals surface area (Å²) in [5, 5.41) is 8.53. The molecule has 9 heteroatoms. The van der Waals surface area contributed by atoms with Crippen LogP contribution in [0.15, 0.2) is 65.6 Å². The first-order valence-electron chi connectivity index (χ1n) is 11.1. The van der Waals surface area contributed by atoms with Crippen LogP contribution in [0.5, 0.6) is 0 Å². The van der Waals surface area contributed by atoms with Crippen LogP contribution >= 0.6 is 0 Å². The second-order valence-electron chi connectivity index (χ2n) is 8.00. The minimum Gasteiger partial charge on any atom is -0.454 e. The number of rotatable bonds is 11. The van der Waals surface area contributed by atoms with Crippen LogP contribution < -0.4 is 4.72 Å². The molecular weight excluding hydrogens is 466 g/mol. The Morgan fingerprint density at radius 3 is 2.40 bits per heavy atom. The lowest BCUT2D eigenvalue weighted by atomic mass is 10.1. The lowest BCUT2D eigenvalue weighted by molar-refractivity contribution is 0.0474. The molecule has 35 heavy (non-hydrogen) atoms. The Morgan fingerprint density at radius 1 is 1.06 bits per heavy atom. The molecule has 1 heterocycles. The zero-order valence-electron chi connectivity index (χ0n) is 19.7. The van der Waals surface area contributed by atoms with E-state index in [0.29, 0.717) is 5.56 Å². The average Bonchev–Trinajstić information content (AvgIpc) is 3.15. The maximum atomic E-state index is 12.8. The Hall–Kier alpha value is -3.74. The van der Waals surface area contributed by atoms with Gasteiger partial charge in [-0.15, -0.1) is 0 Å². The van der Waals surface area contributed by atoms with Gasteiger partial charge in [-0.05, 0) is 56.2 Å².